The quantitative estimate of drug-likeness (QED) is 0.307. The topological polar surface area (TPSA) is 112 Å². The fourth-order valence-electron chi connectivity index (χ4n) is 5.86. The van der Waals surface area contributed by atoms with Crippen molar-refractivity contribution in [2.24, 2.45) is 0 Å². The summed E-state index contributed by atoms with van der Waals surface area (Å²) in [5, 5.41) is 10.6. The zero-order chi connectivity index (χ0) is 28.2. The van der Waals surface area contributed by atoms with Crippen LogP contribution in [0.4, 0.5) is 19.1 Å². The van der Waals surface area contributed by atoms with E-state index in [-0.39, 0.29) is 46.3 Å². The van der Waals surface area contributed by atoms with Gasteiger partial charge in [0.2, 0.25) is 5.95 Å². The summed E-state index contributed by atoms with van der Waals surface area (Å²) >= 11 is 0. The number of aromatic amines is 1. The number of nitrogens with one attached hydrogen (secondary N) is 4. The molecule has 1 aliphatic carbocycles. The highest BCUT2D eigenvalue weighted by molar-refractivity contribution is 7.70. The number of benzene rings is 1. The maximum absolute atomic E-state index is 14.1. The van der Waals surface area contributed by atoms with Gasteiger partial charge in [0.05, 0.1) is 16.8 Å². The monoisotopic (exact) mass is 562 g/mol. The Balaban J connectivity index is 1.68. The molecule has 6 rings (SSSR count). The lowest BCUT2D eigenvalue weighted by molar-refractivity contribution is -0.137. The van der Waals surface area contributed by atoms with Crippen LogP contribution in [0.1, 0.15) is 61.9 Å². The molecular weight excluding hydrogens is 528 g/mol. The van der Waals surface area contributed by atoms with Crippen LogP contribution in [0.2, 0.25) is 0 Å². The first-order chi connectivity index (χ1) is 18.2. The van der Waals surface area contributed by atoms with Gasteiger partial charge < -0.3 is 25.5 Å². The number of carbonyl (C=O) groups is 1. The lowest BCUT2D eigenvalue weighted by Crippen LogP contribution is -2.45. The first-order valence-electron chi connectivity index (χ1n) is 13.2. The summed E-state index contributed by atoms with van der Waals surface area (Å²) in [6.45, 7) is 7.79. The number of aromatic nitrogens is 3. The second-order valence-corrected chi connectivity index (χ2v) is 14.8. The molecule has 0 saturated heterocycles. The van der Waals surface area contributed by atoms with Crippen molar-refractivity contribution in [3.8, 4) is 11.3 Å². The summed E-state index contributed by atoms with van der Waals surface area (Å²) in [4.78, 5) is 24.6. The smallest absolute Gasteiger partial charge is 0.360 e. The summed E-state index contributed by atoms with van der Waals surface area (Å²) in [6.07, 6.45) is 1.70. The van der Waals surface area contributed by atoms with E-state index in [1.807, 2.05) is 0 Å². The largest absolute Gasteiger partial charge is 0.419 e. The van der Waals surface area contributed by atoms with Gasteiger partial charge in [0, 0.05) is 52.8 Å². The summed E-state index contributed by atoms with van der Waals surface area (Å²) < 4.78 is 55.7. The van der Waals surface area contributed by atoms with Gasteiger partial charge in [-0.05, 0) is 65.3 Å². The van der Waals surface area contributed by atoms with E-state index in [2.05, 4.69) is 44.7 Å². The number of hydrogen-bond donors (Lipinski definition) is 4. The molecule has 1 aromatic carbocycles. The molecule has 3 aromatic rings. The Morgan fingerprint density at radius 3 is 2.56 bits per heavy atom. The van der Waals surface area contributed by atoms with E-state index in [9.17, 15) is 22.5 Å². The van der Waals surface area contributed by atoms with Crippen LogP contribution in [-0.2, 0) is 10.7 Å². The molecule has 2 aromatic heterocycles. The number of hydrogen-bond acceptors (Lipinski definition) is 6. The first kappa shape index (κ1) is 27.6. The highest BCUT2D eigenvalue weighted by atomic mass is 31.2. The Labute approximate surface area is 225 Å². The first-order valence-corrected chi connectivity index (χ1v) is 15.8. The van der Waals surface area contributed by atoms with Crippen molar-refractivity contribution in [2.75, 3.05) is 25.2 Å². The molecule has 3 aliphatic rings. The van der Waals surface area contributed by atoms with Crippen molar-refractivity contribution in [3.05, 3.63) is 35.7 Å². The van der Waals surface area contributed by atoms with Crippen LogP contribution in [0.15, 0.2) is 24.5 Å². The normalized spacial score (nSPS) is 22.3. The van der Waals surface area contributed by atoms with E-state index in [4.69, 9.17) is 0 Å². The number of fused-ring (bicyclic) bond motifs is 7. The van der Waals surface area contributed by atoms with E-state index in [0.29, 0.717) is 22.8 Å². The number of carbonyl (C=O) groups excluding carboxylic acids is 1. The van der Waals surface area contributed by atoms with Crippen molar-refractivity contribution in [2.45, 2.75) is 69.8 Å². The van der Waals surface area contributed by atoms with Gasteiger partial charge in [-0.15, -0.1) is 0 Å². The van der Waals surface area contributed by atoms with E-state index in [0.717, 1.165) is 38.3 Å². The van der Waals surface area contributed by atoms with Gasteiger partial charge in [-0.1, -0.05) is 6.07 Å². The van der Waals surface area contributed by atoms with Gasteiger partial charge in [0.1, 0.15) is 12.7 Å². The minimum Gasteiger partial charge on any atom is -0.360 e. The Bertz CT molecular complexity index is 1460. The van der Waals surface area contributed by atoms with Crippen molar-refractivity contribution < 1.29 is 22.5 Å². The van der Waals surface area contributed by atoms with E-state index in [1.54, 1.807) is 19.4 Å². The number of amides is 1. The molecular formula is C27H34F3N6O2P. The van der Waals surface area contributed by atoms with Gasteiger partial charge >= 0.3 is 6.18 Å². The summed E-state index contributed by atoms with van der Waals surface area (Å²) in [5.41, 5.74) is -0.588. The lowest BCUT2D eigenvalue weighted by atomic mass is 9.96. The maximum Gasteiger partial charge on any atom is 0.419 e. The number of rotatable bonds is 1. The second-order valence-electron chi connectivity index (χ2n) is 11.6. The van der Waals surface area contributed by atoms with Crippen LogP contribution < -0.4 is 21.3 Å². The van der Waals surface area contributed by atoms with Gasteiger partial charge in [-0.2, -0.15) is 13.2 Å². The maximum atomic E-state index is 14.1. The molecule has 4 N–H and O–H groups in total. The molecule has 1 fully saturated rings. The SMILES string of the molecule is CC1(C)CCCNC(=O)c2ccc3c(c[nH]c3c2P(C)(C)=O)-c2nc(ncc2C(F)(F)F)N[C@H]2CC[C@@H](C2)N1. The lowest BCUT2D eigenvalue weighted by Gasteiger charge is -2.30. The van der Waals surface area contributed by atoms with E-state index in [1.165, 1.54) is 12.3 Å². The molecule has 0 spiro atoms. The molecule has 4 heterocycles. The third-order valence-electron chi connectivity index (χ3n) is 7.59. The van der Waals surface area contributed by atoms with Crippen molar-refractivity contribution in [1.29, 1.82) is 0 Å². The van der Waals surface area contributed by atoms with Crippen LogP contribution in [-0.4, -0.2) is 58.4 Å². The molecule has 8 bridgehead atoms. The van der Waals surface area contributed by atoms with Crippen molar-refractivity contribution >= 4 is 35.2 Å². The summed E-state index contributed by atoms with van der Waals surface area (Å²) in [7, 11) is -3.04. The number of nitrogens with zero attached hydrogens (tertiary/aromatic N) is 2. The number of halogens is 3. The third kappa shape index (κ3) is 5.70. The van der Waals surface area contributed by atoms with Gasteiger partial charge in [-0.3, -0.25) is 4.79 Å². The molecule has 1 amide bonds. The number of alkyl halides is 3. The van der Waals surface area contributed by atoms with Crippen molar-refractivity contribution in [1.82, 2.24) is 25.6 Å². The van der Waals surface area contributed by atoms with Crippen LogP contribution >= 0.6 is 7.14 Å². The molecule has 0 radical (unpaired) electrons. The second kappa shape index (κ2) is 9.93. The minimum atomic E-state index is -4.69. The standard InChI is InChI=1S/C27H34F3N6O2P/c1-26(2)10-5-11-31-24(37)18-9-8-17-19(13-32-22(17)23(18)39(3,4)38)21-20(27(28,29)30)14-33-25(35-21)34-15-6-7-16(12-15)36-26/h8-9,13-16,32,36H,5-7,10-12H2,1-4H3,(H,31,37)(H,33,34,35)/t15-,16-/m0/s1. The molecule has 0 unspecified atom stereocenters. The average Bonchev–Trinajstić information content (AvgIpc) is 3.45. The molecule has 2 aliphatic heterocycles. The molecule has 1 saturated carbocycles. The Morgan fingerprint density at radius 1 is 1.10 bits per heavy atom. The molecule has 8 nitrogen and oxygen atoms in total. The fourth-order valence-corrected chi connectivity index (χ4v) is 7.34. The van der Waals surface area contributed by atoms with Crippen LogP contribution in [0.3, 0.4) is 0 Å². The highest BCUT2D eigenvalue weighted by Crippen LogP contribution is 2.43. The van der Waals surface area contributed by atoms with Crippen LogP contribution in [0, 0.1) is 0 Å². The van der Waals surface area contributed by atoms with Gasteiger partial charge in [-0.25, -0.2) is 9.97 Å². The molecule has 2 atom stereocenters. The zero-order valence-electron chi connectivity index (χ0n) is 22.5. The predicted molar refractivity (Wildman–Crippen MR) is 147 cm³/mol. The van der Waals surface area contributed by atoms with Crippen molar-refractivity contribution in [3.63, 3.8) is 0 Å². The summed E-state index contributed by atoms with van der Waals surface area (Å²) in [6, 6.07) is 3.39. The minimum absolute atomic E-state index is 0.0208. The van der Waals surface area contributed by atoms with Crippen LogP contribution in [0.5, 0.6) is 0 Å². The fraction of sp³-hybridized carbons (Fsp3) is 0.519. The molecule has 12 heteroatoms. The third-order valence-corrected chi connectivity index (χ3v) is 9.13. The van der Waals surface area contributed by atoms with Gasteiger partial charge in [0.15, 0.2) is 0 Å². The van der Waals surface area contributed by atoms with Gasteiger partial charge in [0.25, 0.3) is 5.91 Å². The predicted octanol–water partition coefficient (Wildman–Crippen LogP) is 5.12. The number of anilines is 1. The van der Waals surface area contributed by atoms with Crippen LogP contribution in [0.25, 0.3) is 22.2 Å². The number of H-pyrrole nitrogens is 1. The Morgan fingerprint density at radius 2 is 1.85 bits per heavy atom. The average molecular weight is 563 g/mol. The van der Waals surface area contributed by atoms with E-state index >= 15 is 0 Å². The Kier molecular flexibility index (Phi) is 7.04. The molecule has 39 heavy (non-hydrogen) atoms. The Hall–Kier alpha value is -2.91. The zero-order valence-corrected chi connectivity index (χ0v) is 23.4. The molecule has 210 valence electrons. The highest BCUT2D eigenvalue weighted by Gasteiger charge is 2.37. The summed E-state index contributed by atoms with van der Waals surface area (Å²) in [5.74, 6) is -0.234. The van der Waals surface area contributed by atoms with E-state index < -0.39 is 18.9 Å².